The largest absolute Gasteiger partial charge is 0.503 e. The smallest absolute Gasteiger partial charge is 0.294 e. The van der Waals surface area contributed by atoms with Gasteiger partial charge in [-0.15, -0.1) is 0 Å². The number of ether oxygens (including phenoxy) is 3. The van der Waals surface area contributed by atoms with Crippen molar-refractivity contribution < 1.29 is 33.3 Å². The first-order valence-corrected chi connectivity index (χ1v) is 11.7. The molecule has 4 aromatic rings. The minimum atomic E-state index is -0.953. The SMILES string of the molecule is CCOc1ccc(N2C(=O)C(O)=C(C(=O)c3cc4ccccc4o3)C2c2ccc(OC)c(OC)c2)cc1. The molecule has 1 amide bonds. The van der Waals surface area contributed by atoms with Crippen molar-refractivity contribution in [3.05, 3.63) is 95.5 Å². The molecule has 2 heterocycles. The maximum Gasteiger partial charge on any atom is 0.294 e. The number of aliphatic hydroxyl groups is 1. The summed E-state index contributed by atoms with van der Waals surface area (Å²) in [5, 5.41) is 11.8. The molecule has 0 saturated carbocycles. The number of carbonyl (C=O) groups is 2. The van der Waals surface area contributed by atoms with Gasteiger partial charge >= 0.3 is 0 Å². The second kappa shape index (κ2) is 9.73. The van der Waals surface area contributed by atoms with E-state index in [0.717, 1.165) is 5.39 Å². The Bertz CT molecular complexity index is 1480. The molecule has 0 saturated heterocycles. The molecule has 37 heavy (non-hydrogen) atoms. The highest BCUT2D eigenvalue weighted by atomic mass is 16.5. The van der Waals surface area contributed by atoms with Crippen LogP contribution >= 0.6 is 0 Å². The van der Waals surface area contributed by atoms with Gasteiger partial charge in [-0.05, 0) is 61.0 Å². The van der Waals surface area contributed by atoms with Crippen molar-refractivity contribution in [1.82, 2.24) is 0 Å². The summed E-state index contributed by atoms with van der Waals surface area (Å²) in [5.41, 5.74) is 1.46. The lowest BCUT2D eigenvalue weighted by Crippen LogP contribution is -2.31. The number of carbonyl (C=O) groups excluding carboxylic acids is 2. The molecule has 1 unspecified atom stereocenters. The zero-order chi connectivity index (χ0) is 26.1. The zero-order valence-electron chi connectivity index (χ0n) is 20.6. The number of anilines is 1. The van der Waals surface area contributed by atoms with Crippen LogP contribution in [0.2, 0.25) is 0 Å². The van der Waals surface area contributed by atoms with Gasteiger partial charge in [0.05, 0.1) is 32.4 Å². The lowest BCUT2D eigenvalue weighted by atomic mass is 9.94. The standard InChI is InChI=1S/C29H25NO7/c1-4-36-20-12-10-19(11-13-20)30-26(18-9-14-22(34-2)23(16-18)35-3)25(28(32)29(30)33)27(31)24-15-17-7-5-6-8-21(17)37-24/h5-16,26,32H,4H2,1-3H3. The number of amides is 1. The topological polar surface area (TPSA) is 98.4 Å². The van der Waals surface area contributed by atoms with Crippen molar-refractivity contribution in [2.45, 2.75) is 13.0 Å². The molecule has 188 valence electrons. The van der Waals surface area contributed by atoms with Crippen LogP contribution in [0.25, 0.3) is 11.0 Å². The summed E-state index contributed by atoms with van der Waals surface area (Å²) in [5.74, 6) is -0.369. The summed E-state index contributed by atoms with van der Waals surface area (Å²) < 4.78 is 22.1. The number of fused-ring (bicyclic) bond motifs is 1. The van der Waals surface area contributed by atoms with Gasteiger partial charge in [0.15, 0.2) is 23.0 Å². The molecule has 1 aliphatic heterocycles. The molecular formula is C29H25NO7. The molecule has 0 spiro atoms. The molecule has 1 atom stereocenters. The van der Waals surface area contributed by atoms with E-state index < -0.39 is 23.5 Å². The van der Waals surface area contributed by atoms with Crippen LogP contribution in [0.1, 0.15) is 29.1 Å². The quantitative estimate of drug-likeness (QED) is 0.314. The molecule has 0 aliphatic carbocycles. The summed E-state index contributed by atoms with van der Waals surface area (Å²) in [6.07, 6.45) is 0. The van der Waals surface area contributed by atoms with Crippen molar-refractivity contribution in [2.24, 2.45) is 0 Å². The minimum Gasteiger partial charge on any atom is -0.503 e. The van der Waals surface area contributed by atoms with Crippen molar-refractivity contribution >= 4 is 28.3 Å². The number of methoxy groups -OCH3 is 2. The Morgan fingerprint density at radius 2 is 1.70 bits per heavy atom. The Balaban J connectivity index is 1.65. The molecular weight excluding hydrogens is 474 g/mol. The van der Waals surface area contributed by atoms with E-state index in [4.69, 9.17) is 18.6 Å². The fourth-order valence-corrected chi connectivity index (χ4v) is 4.54. The molecule has 0 fully saturated rings. The van der Waals surface area contributed by atoms with Crippen LogP contribution in [-0.4, -0.2) is 37.6 Å². The number of hydrogen-bond acceptors (Lipinski definition) is 7. The number of benzene rings is 3. The van der Waals surface area contributed by atoms with Crippen LogP contribution in [-0.2, 0) is 4.79 Å². The van der Waals surface area contributed by atoms with E-state index in [9.17, 15) is 14.7 Å². The zero-order valence-corrected chi connectivity index (χ0v) is 20.6. The normalized spacial score (nSPS) is 15.4. The Morgan fingerprint density at radius 1 is 0.973 bits per heavy atom. The molecule has 1 aromatic heterocycles. The van der Waals surface area contributed by atoms with Gasteiger partial charge in [0.25, 0.3) is 5.91 Å². The molecule has 8 heteroatoms. The van der Waals surface area contributed by atoms with Crippen molar-refractivity contribution in [3.63, 3.8) is 0 Å². The second-order valence-electron chi connectivity index (χ2n) is 8.36. The molecule has 3 aromatic carbocycles. The average Bonchev–Trinajstić information content (AvgIpc) is 3.47. The van der Waals surface area contributed by atoms with Gasteiger partial charge < -0.3 is 23.7 Å². The summed E-state index contributed by atoms with van der Waals surface area (Å²) >= 11 is 0. The van der Waals surface area contributed by atoms with E-state index >= 15 is 0 Å². The Hall–Kier alpha value is -4.72. The fraction of sp³-hybridized carbons (Fsp3) is 0.172. The molecule has 0 bridgehead atoms. The van der Waals surface area contributed by atoms with Gasteiger partial charge in [0.1, 0.15) is 11.3 Å². The van der Waals surface area contributed by atoms with Gasteiger partial charge in [0.2, 0.25) is 5.78 Å². The first-order chi connectivity index (χ1) is 18.0. The number of hydrogen-bond donors (Lipinski definition) is 1. The Labute approximate surface area is 213 Å². The number of rotatable bonds is 8. The van der Waals surface area contributed by atoms with Crippen molar-refractivity contribution in [2.75, 3.05) is 25.7 Å². The van der Waals surface area contributed by atoms with Gasteiger partial charge in [-0.3, -0.25) is 14.5 Å². The van der Waals surface area contributed by atoms with Crippen molar-refractivity contribution in [1.29, 1.82) is 0 Å². The summed E-state index contributed by atoms with van der Waals surface area (Å²) in [4.78, 5) is 28.6. The number of Topliss-reactive ketones (excluding diaryl/α,β-unsaturated/α-hetero) is 1. The third-order valence-corrected chi connectivity index (χ3v) is 6.25. The van der Waals surface area contributed by atoms with Gasteiger partial charge in [-0.2, -0.15) is 0 Å². The maximum absolute atomic E-state index is 13.8. The predicted octanol–water partition coefficient (Wildman–Crippen LogP) is 5.63. The lowest BCUT2D eigenvalue weighted by molar-refractivity contribution is -0.117. The Kier molecular flexibility index (Phi) is 6.31. The van der Waals surface area contributed by atoms with Crippen LogP contribution in [0.15, 0.2) is 88.5 Å². The fourth-order valence-electron chi connectivity index (χ4n) is 4.54. The van der Waals surface area contributed by atoms with Crippen LogP contribution < -0.4 is 19.1 Å². The first kappa shape index (κ1) is 24.0. The van der Waals surface area contributed by atoms with Crippen LogP contribution in [0.5, 0.6) is 17.2 Å². The van der Waals surface area contributed by atoms with Crippen LogP contribution in [0, 0.1) is 0 Å². The highest BCUT2D eigenvalue weighted by molar-refractivity contribution is 6.20. The highest BCUT2D eigenvalue weighted by Crippen LogP contribution is 2.44. The molecule has 1 N–H and O–H groups in total. The number of ketones is 1. The number of nitrogens with zero attached hydrogens (tertiary/aromatic N) is 1. The number of aliphatic hydroxyl groups excluding tert-OH is 1. The maximum atomic E-state index is 13.8. The monoisotopic (exact) mass is 499 g/mol. The number of furan rings is 1. The summed E-state index contributed by atoms with van der Waals surface area (Å²) in [6, 6.07) is 19.8. The first-order valence-electron chi connectivity index (χ1n) is 11.7. The van der Waals surface area contributed by atoms with Crippen LogP contribution in [0.3, 0.4) is 0 Å². The molecule has 0 radical (unpaired) electrons. The second-order valence-corrected chi connectivity index (χ2v) is 8.36. The third-order valence-electron chi connectivity index (χ3n) is 6.25. The van der Waals surface area contributed by atoms with E-state index in [-0.39, 0.29) is 11.3 Å². The van der Waals surface area contributed by atoms with Gasteiger partial charge in [-0.25, -0.2) is 0 Å². The van der Waals surface area contributed by atoms with E-state index in [1.165, 1.54) is 19.1 Å². The summed E-state index contributed by atoms with van der Waals surface area (Å²) in [6.45, 7) is 2.37. The molecule has 1 aliphatic rings. The minimum absolute atomic E-state index is 0.0228. The van der Waals surface area contributed by atoms with E-state index in [1.54, 1.807) is 60.7 Å². The van der Waals surface area contributed by atoms with Gasteiger partial charge in [0, 0.05) is 11.1 Å². The van der Waals surface area contributed by atoms with E-state index in [1.807, 2.05) is 19.1 Å². The predicted molar refractivity (Wildman–Crippen MR) is 138 cm³/mol. The van der Waals surface area contributed by atoms with Crippen LogP contribution in [0.4, 0.5) is 5.69 Å². The van der Waals surface area contributed by atoms with Crippen molar-refractivity contribution in [3.8, 4) is 17.2 Å². The van der Waals surface area contributed by atoms with E-state index in [0.29, 0.717) is 40.7 Å². The van der Waals surface area contributed by atoms with E-state index in [2.05, 4.69) is 0 Å². The molecule has 8 nitrogen and oxygen atoms in total. The third kappa shape index (κ3) is 4.16. The average molecular weight is 500 g/mol. The Morgan fingerprint density at radius 3 is 2.38 bits per heavy atom. The summed E-state index contributed by atoms with van der Waals surface area (Å²) in [7, 11) is 3.02. The van der Waals surface area contributed by atoms with Gasteiger partial charge in [-0.1, -0.05) is 24.3 Å². The molecule has 5 rings (SSSR count). The lowest BCUT2D eigenvalue weighted by Gasteiger charge is -2.27. The number of para-hydroxylation sites is 1. The highest BCUT2D eigenvalue weighted by Gasteiger charge is 2.45.